The zero-order chi connectivity index (χ0) is 7.40. The quantitative estimate of drug-likeness (QED) is 0.651. The summed E-state index contributed by atoms with van der Waals surface area (Å²) in [6.07, 6.45) is 2.46. The zero-order valence-corrected chi connectivity index (χ0v) is 4.98. The van der Waals surface area contributed by atoms with Gasteiger partial charge in [-0.1, -0.05) is 0 Å². The average Bonchev–Trinajstić information content (AvgIpc) is 2.34. The van der Waals surface area contributed by atoms with E-state index in [1.54, 1.807) is 0 Å². The first-order chi connectivity index (χ1) is 4.79. The van der Waals surface area contributed by atoms with Crippen LogP contribution in [-0.4, -0.2) is 22.7 Å². The number of oxazole rings is 1. The summed E-state index contributed by atoms with van der Waals surface area (Å²) >= 11 is 0. The van der Waals surface area contributed by atoms with E-state index in [0.717, 1.165) is 6.39 Å². The first-order valence-electron chi connectivity index (χ1n) is 2.52. The van der Waals surface area contributed by atoms with Crippen LogP contribution in [0.25, 0.3) is 0 Å². The molecule has 1 N–H and O–H groups in total. The van der Waals surface area contributed by atoms with E-state index >= 15 is 0 Å². The molecule has 0 bridgehead atoms. The highest BCUT2D eigenvalue weighted by Gasteiger charge is 1.99. The van der Waals surface area contributed by atoms with Gasteiger partial charge in [-0.15, -0.1) is 0 Å². The Hall–Kier alpha value is -1.52. The van der Waals surface area contributed by atoms with E-state index in [0.29, 0.717) is 0 Å². The van der Waals surface area contributed by atoms with Gasteiger partial charge < -0.3 is 14.3 Å². The van der Waals surface area contributed by atoms with Crippen LogP contribution in [0, 0.1) is 0 Å². The summed E-state index contributed by atoms with van der Waals surface area (Å²) in [5.41, 5.74) is 0. The van der Waals surface area contributed by atoms with Gasteiger partial charge in [0.1, 0.15) is 6.20 Å². The standard InChI is InChI=1S/C5H5NO4/c7-4(8)2-9-5-1-6-3-10-5/h1,3H,2H2,(H,7,8). The maximum absolute atomic E-state index is 9.91. The number of hydrogen-bond acceptors (Lipinski definition) is 4. The third-order valence-electron chi connectivity index (χ3n) is 0.748. The highest BCUT2D eigenvalue weighted by atomic mass is 16.6. The lowest BCUT2D eigenvalue weighted by Crippen LogP contribution is -2.08. The Morgan fingerprint density at radius 2 is 2.70 bits per heavy atom. The van der Waals surface area contributed by atoms with E-state index in [1.165, 1.54) is 6.20 Å². The first kappa shape index (κ1) is 6.60. The normalized spacial score (nSPS) is 9.20. The van der Waals surface area contributed by atoms with Crippen LogP contribution in [0.5, 0.6) is 5.95 Å². The van der Waals surface area contributed by atoms with Gasteiger partial charge in [0, 0.05) is 0 Å². The van der Waals surface area contributed by atoms with Crippen molar-refractivity contribution in [1.82, 2.24) is 4.98 Å². The lowest BCUT2D eigenvalue weighted by atomic mass is 10.7. The predicted octanol–water partition coefficient (Wildman–Crippen LogP) is 0.138. The molecular weight excluding hydrogens is 138 g/mol. The largest absolute Gasteiger partial charge is 0.479 e. The molecule has 5 nitrogen and oxygen atoms in total. The molecule has 0 radical (unpaired) electrons. The molecule has 10 heavy (non-hydrogen) atoms. The van der Waals surface area contributed by atoms with Crippen molar-refractivity contribution in [2.45, 2.75) is 0 Å². The molecule has 0 aliphatic carbocycles. The molecule has 0 unspecified atom stereocenters. The summed E-state index contributed by atoms with van der Waals surface area (Å²) in [5.74, 6) is -0.932. The molecule has 0 aromatic carbocycles. The second kappa shape index (κ2) is 2.86. The molecule has 0 amide bonds. The van der Waals surface area contributed by atoms with Gasteiger partial charge in [0.25, 0.3) is 0 Å². The highest BCUT2D eigenvalue weighted by molar-refractivity contribution is 5.68. The lowest BCUT2D eigenvalue weighted by molar-refractivity contribution is -0.139. The van der Waals surface area contributed by atoms with Crippen molar-refractivity contribution >= 4 is 5.97 Å². The van der Waals surface area contributed by atoms with Gasteiger partial charge in [-0.25, -0.2) is 9.78 Å². The van der Waals surface area contributed by atoms with Gasteiger partial charge >= 0.3 is 11.9 Å². The van der Waals surface area contributed by atoms with E-state index < -0.39 is 12.6 Å². The summed E-state index contributed by atoms with van der Waals surface area (Å²) < 4.78 is 9.17. The van der Waals surface area contributed by atoms with Gasteiger partial charge in [-0.05, 0) is 0 Å². The van der Waals surface area contributed by atoms with Crippen LogP contribution in [-0.2, 0) is 4.79 Å². The van der Waals surface area contributed by atoms with Crippen LogP contribution >= 0.6 is 0 Å². The highest BCUT2D eigenvalue weighted by Crippen LogP contribution is 2.05. The third kappa shape index (κ3) is 1.77. The van der Waals surface area contributed by atoms with Crippen molar-refractivity contribution in [2.24, 2.45) is 0 Å². The predicted molar refractivity (Wildman–Crippen MR) is 29.6 cm³/mol. The summed E-state index contributed by atoms with van der Waals surface area (Å²) in [6.45, 7) is -0.408. The van der Waals surface area contributed by atoms with Gasteiger partial charge in [0.15, 0.2) is 13.0 Å². The fourth-order valence-corrected chi connectivity index (χ4v) is 0.408. The lowest BCUT2D eigenvalue weighted by Gasteiger charge is -1.93. The van der Waals surface area contributed by atoms with Crippen molar-refractivity contribution in [2.75, 3.05) is 6.61 Å². The Morgan fingerprint density at radius 3 is 3.20 bits per heavy atom. The van der Waals surface area contributed by atoms with Crippen LogP contribution in [0.4, 0.5) is 0 Å². The zero-order valence-electron chi connectivity index (χ0n) is 4.98. The Kier molecular flexibility index (Phi) is 1.89. The molecule has 1 aromatic heterocycles. The van der Waals surface area contributed by atoms with Crippen molar-refractivity contribution in [3.63, 3.8) is 0 Å². The second-order valence-corrected chi connectivity index (χ2v) is 1.50. The van der Waals surface area contributed by atoms with E-state index in [1.807, 2.05) is 0 Å². The molecule has 1 rings (SSSR count). The minimum Gasteiger partial charge on any atom is -0.479 e. The van der Waals surface area contributed by atoms with E-state index in [9.17, 15) is 4.79 Å². The molecule has 1 aromatic rings. The maximum atomic E-state index is 9.91. The molecule has 0 spiro atoms. The maximum Gasteiger partial charge on any atom is 0.341 e. The molecule has 5 heteroatoms. The Morgan fingerprint density at radius 1 is 1.90 bits per heavy atom. The van der Waals surface area contributed by atoms with Crippen molar-refractivity contribution in [1.29, 1.82) is 0 Å². The topological polar surface area (TPSA) is 72.6 Å². The van der Waals surface area contributed by atoms with E-state index in [2.05, 4.69) is 14.1 Å². The van der Waals surface area contributed by atoms with Crippen LogP contribution < -0.4 is 4.74 Å². The second-order valence-electron chi connectivity index (χ2n) is 1.50. The summed E-state index contributed by atoms with van der Waals surface area (Å²) in [4.78, 5) is 13.4. The van der Waals surface area contributed by atoms with Crippen molar-refractivity contribution in [3.05, 3.63) is 12.6 Å². The summed E-state index contributed by atoms with van der Waals surface area (Å²) in [6, 6.07) is 0. The van der Waals surface area contributed by atoms with Crippen molar-refractivity contribution < 1.29 is 19.1 Å². The number of nitrogens with zero attached hydrogens (tertiary/aromatic N) is 1. The number of carbonyl (C=O) groups is 1. The summed E-state index contributed by atoms with van der Waals surface area (Å²) in [5, 5.41) is 8.13. The molecule has 0 aliphatic rings. The molecule has 0 aliphatic heterocycles. The summed E-state index contributed by atoms with van der Waals surface area (Å²) in [7, 11) is 0. The smallest absolute Gasteiger partial charge is 0.341 e. The van der Waals surface area contributed by atoms with E-state index in [-0.39, 0.29) is 5.95 Å². The molecular formula is C5H5NO4. The number of carboxylic acids is 1. The number of hydrogen-bond donors (Lipinski definition) is 1. The number of ether oxygens (including phenoxy) is 1. The number of carboxylic acid groups (broad SMARTS) is 1. The Balaban J connectivity index is 2.35. The minimum atomic E-state index is -1.04. The molecule has 0 fully saturated rings. The monoisotopic (exact) mass is 143 g/mol. The number of aliphatic carboxylic acids is 1. The Labute approximate surface area is 56.2 Å². The average molecular weight is 143 g/mol. The van der Waals surface area contributed by atoms with Gasteiger partial charge in [-0.3, -0.25) is 0 Å². The number of aromatic nitrogens is 1. The van der Waals surface area contributed by atoms with Gasteiger partial charge in [0.05, 0.1) is 0 Å². The SMILES string of the molecule is O=C(O)COc1cnco1. The molecule has 0 saturated carbocycles. The van der Waals surface area contributed by atoms with E-state index in [4.69, 9.17) is 5.11 Å². The Bertz CT molecular complexity index is 205. The third-order valence-corrected chi connectivity index (χ3v) is 0.748. The molecule has 1 heterocycles. The fourth-order valence-electron chi connectivity index (χ4n) is 0.408. The van der Waals surface area contributed by atoms with Crippen LogP contribution in [0.2, 0.25) is 0 Å². The van der Waals surface area contributed by atoms with Gasteiger partial charge in [-0.2, -0.15) is 0 Å². The fraction of sp³-hybridized carbons (Fsp3) is 0.200. The minimum absolute atomic E-state index is 0.113. The number of rotatable bonds is 3. The van der Waals surface area contributed by atoms with Crippen molar-refractivity contribution in [3.8, 4) is 5.95 Å². The molecule has 0 saturated heterocycles. The van der Waals surface area contributed by atoms with Crippen LogP contribution in [0.1, 0.15) is 0 Å². The first-order valence-corrected chi connectivity index (χ1v) is 2.52. The van der Waals surface area contributed by atoms with Crippen LogP contribution in [0.3, 0.4) is 0 Å². The molecule has 54 valence electrons. The molecule has 0 atom stereocenters. The van der Waals surface area contributed by atoms with Crippen LogP contribution in [0.15, 0.2) is 17.0 Å². The van der Waals surface area contributed by atoms with Gasteiger partial charge in [0.2, 0.25) is 0 Å².